The van der Waals surface area contributed by atoms with Crippen LogP contribution < -0.4 is 20.1 Å². The molecule has 3 rings (SSSR count). The fraction of sp³-hybridized carbons (Fsp3) is 0.278. The van der Waals surface area contributed by atoms with Crippen LogP contribution in [0.5, 0.6) is 11.5 Å². The number of fused-ring (bicyclic) bond motifs is 1. The van der Waals surface area contributed by atoms with E-state index in [4.69, 9.17) is 9.47 Å². The number of carbonyl (C=O) groups excluding carboxylic acids is 1. The molecule has 2 N–H and O–H groups in total. The Bertz CT molecular complexity index is 728. The van der Waals surface area contributed by atoms with Gasteiger partial charge in [0.1, 0.15) is 0 Å². The molecule has 1 heterocycles. The van der Waals surface area contributed by atoms with E-state index in [-0.39, 0.29) is 5.91 Å². The molecular weight excluding hydrogens is 292 g/mol. The molecular formula is C18H20N2O3. The van der Waals surface area contributed by atoms with E-state index < -0.39 is 0 Å². The van der Waals surface area contributed by atoms with E-state index in [0.717, 1.165) is 25.2 Å². The van der Waals surface area contributed by atoms with Crippen LogP contribution in [0.3, 0.4) is 0 Å². The highest BCUT2D eigenvalue weighted by Crippen LogP contribution is 2.28. The predicted octanol–water partition coefficient (Wildman–Crippen LogP) is 2.60. The fourth-order valence-corrected chi connectivity index (χ4v) is 2.82. The summed E-state index contributed by atoms with van der Waals surface area (Å²) in [6, 6.07) is 11.2. The van der Waals surface area contributed by atoms with Crippen molar-refractivity contribution in [2.24, 2.45) is 0 Å². The van der Waals surface area contributed by atoms with E-state index in [1.165, 1.54) is 11.1 Å². The molecule has 0 aliphatic carbocycles. The minimum Gasteiger partial charge on any atom is -0.493 e. The van der Waals surface area contributed by atoms with Crippen molar-refractivity contribution in [2.75, 3.05) is 26.1 Å². The summed E-state index contributed by atoms with van der Waals surface area (Å²) >= 11 is 0. The summed E-state index contributed by atoms with van der Waals surface area (Å²) in [5.41, 5.74) is 3.86. The van der Waals surface area contributed by atoms with E-state index in [9.17, 15) is 4.79 Å². The Labute approximate surface area is 135 Å². The van der Waals surface area contributed by atoms with Crippen molar-refractivity contribution in [3.63, 3.8) is 0 Å². The highest BCUT2D eigenvalue weighted by Gasteiger charge is 2.16. The van der Waals surface area contributed by atoms with Gasteiger partial charge in [0, 0.05) is 17.8 Å². The number of hydrogen-bond donors (Lipinski definition) is 2. The zero-order valence-electron chi connectivity index (χ0n) is 13.3. The largest absolute Gasteiger partial charge is 0.493 e. The standard InChI is InChI=1S/C18H20N2O3/c1-22-16-7-6-12(10-17(16)23-2)18(21)20-15-5-3-4-13-11-19-9-8-14(13)15/h3-7,10,19H,8-9,11H2,1-2H3,(H,20,21). The Kier molecular flexibility index (Phi) is 4.48. The van der Waals surface area contributed by atoms with Crippen LogP contribution >= 0.6 is 0 Å². The number of carbonyl (C=O) groups is 1. The van der Waals surface area contributed by atoms with Crippen molar-refractivity contribution >= 4 is 11.6 Å². The smallest absolute Gasteiger partial charge is 0.255 e. The number of amides is 1. The summed E-state index contributed by atoms with van der Waals surface area (Å²) in [7, 11) is 3.13. The quantitative estimate of drug-likeness (QED) is 0.911. The molecule has 0 aromatic heterocycles. The summed E-state index contributed by atoms with van der Waals surface area (Å²) < 4.78 is 10.5. The van der Waals surface area contributed by atoms with Crippen LogP contribution in [0.25, 0.3) is 0 Å². The monoisotopic (exact) mass is 312 g/mol. The molecule has 2 aromatic rings. The van der Waals surface area contributed by atoms with Gasteiger partial charge >= 0.3 is 0 Å². The lowest BCUT2D eigenvalue weighted by atomic mass is 9.99. The van der Waals surface area contributed by atoms with Crippen LogP contribution in [-0.2, 0) is 13.0 Å². The maximum absolute atomic E-state index is 12.5. The van der Waals surface area contributed by atoms with Gasteiger partial charge in [-0.25, -0.2) is 0 Å². The third kappa shape index (κ3) is 3.14. The first kappa shape index (κ1) is 15.4. The molecule has 0 unspecified atom stereocenters. The Morgan fingerprint density at radius 1 is 1.13 bits per heavy atom. The molecule has 0 saturated carbocycles. The first-order valence-corrected chi connectivity index (χ1v) is 7.58. The molecule has 23 heavy (non-hydrogen) atoms. The molecule has 1 aliphatic heterocycles. The minimum atomic E-state index is -0.155. The van der Waals surface area contributed by atoms with Gasteiger partial charge in [-0.15, -0.1) is 0 Å². The van der Waals surface area contributed by atoms with Crippen molar-refractivity contribution in [3.05, 3.63) is 53.1 Å². The van der Waals surface area contributed by atoms with Crippen molar-refractivity contribution in [1.29, 1.82) is 0 Å². The second-order valence-electron chi connectivity index (χ2n) is 5.39. The first-order valence-electron chi connectivity index (χ1n) is 7.58. The van der Waals surface area contributed by atoms with Crippen molar-refractivity contribution in [3.8, 4) is 11.5 Å². The van der Waals surface area contributed by atoms with Crippen LogP contribution in [0.4, 0.5) is 5.69 Å². The number of benzene rings is 2. The molecule has 0 fully saturated rings. The summed E-state index contributed by atoms with van der Waals surface area (Å²) in [6.07, 6.45) is 0.914. The zero-order valence-corrected chi connectivity index (χ0v) is 13.3. The topological polar surface area (TPSA) is 59.6 Å². The number of anilines is 1. The third-order valence-electron chi connectivity index (χ3n) is 4.03. The third-order valence-corrected chi connectivity index (χ3v) is 4.03. The van der Waals surface area contributed by atoms with Crippen molar-refractivity contribution < 1.29 is 14.3 Å². The lowest BCUT2D eigenvalue weighted by Gasteiger charge is -2.20. The summed E-state index contributed by atoms with van der Waals surface area (Å²) in [4.78, 5) is 12.5. The molecule has 5 heteroatoms. The van der Waals surface area contributed by atoms with Gasteiger partial charge in [-0.05, 0) is 48.4 Å². The summed E-state index contributed by atoms with van der Waals surface area (Å²) in [6.45, 7) is 1.77. The van der Waals surface area contributed by atoms with Crippen LogP contribution in [0.2, 0.25) is 0 Å². The Hall–Kier alpha value is -2.53. The average molecular weight is 312 g/mol. The van der Waals surface area contributed by atoms with E-state index in [0.29, 0.717) is 17.1 Å². The summed E-state index contributed by atoms with van der Waals surface area (Å²) in [5.74, 6) is 0.990. The molecule has 2 aromatic carbocycles. The minimum absolute atomic E-state index is 0.155. The van der Waals surface area contributed by atoms with Gasteiger partial charge < -0.3 is 20.1 Å². The lowest BCUT2D eigenvalue weighted by molar-refractivity contribution is 0.102. The van der Waals surface area contributed by atoms with E-state index in [2.05, 4.69) is 16.7 Å². The number of rotatable bonds is 4. The average Bonchev–Trinajstić information content (AvgIpc) is 2.61. The molecule has 0 atom stereocenters. The van der Waals surface area contributed by atoms with Gasteiger partial charge in [-0.2, -0.15) is 0 Å². The van der Waals surface area contributed by atoms with Gasteiger partial charge in [-0.1, -0.05) is 12.1 Å². The van der Waals surface area contributed by atoms with Crippen LogP contribution in [-0.4, -0.2) is 26.7 Å². The molecule has 1 amide bonds. The van der Waals surface area contributed by atoms with Crippen LogP contribution in [0.15, 0.2) is 36.4 Å². The van der Waals surface area contributed by atoms with Gasteiger partial charge in [0.2, 0.25) is 0 Å². The highest BCUT2D eigenvalue weighted by molar-refractivity contribution is 6.05. The first-order chi connectivity index (χ1) is 11.2. The molecule has 120 valence electrons. The Morgan fingerprint density at radius 3 is 2.74 bits per heavy atom. The molecule has 0 radical (unpaired) electrons. The maximum atomic E-state index is 12.5. The van der Waals surface area contributed by atoms with Crippen LogP contribution in [0, 0.1) is 0 Å². The number of ether oxygens (including phenoxy) is 2. The Morgan fingerprint density at radius 2 is 1.96 bits per heavy atom. The fourth-order valence-electron chi connectivity index (χ4n) is 2.82. The van der Waals surface area contributed by atoms with E-state index in [1.807, 2.05) is 12.1 Å². The van der Waals surface area contributed by atoms with Crippen LogP contribution in [0.1, 0.15) is 21.5 Å². The molecule has 1 aliphatic rings. The molecule has 0 spiro atoms. The SMILES string of the molecule is COc1ccc(C(=O)Nc2cccc3c2CCNC3)cc1OC. The van der Waals surface area contributed by atoms with Crippen molar-refractivity contribution in [2.45, 2.75) is 13.0 Å². The molecule has 0 bridgehead atoms. The predicted molar refractivity (Wildman–Crippen MR) is 89.4 cm³/mol. The maximum Gasteiger partial charge on any atom is 0.255 e. The van der Waals surface area contributed by atoms with Crippen molar-refractivity contribution in [1.82, 2.24) is 5.32 Å². The van der Waals surface area contributed by atoms with E-state index >= 15 is 0 Å². The Balaban J connectivity index is 1.85. The number of methoxy groups -OCH3 is 2. The zero-order chi connectivity index (χ0) is 16.2. The van der Waals surface area contributed by atoms with E-state index in [1.54, 1.807) is 32.4 Å². The van der Waals surface area contributed by atoms with Gasteiger partial charge in [0.25, 0.3) is 5.91 Å². The van der Waals surface area contributed by atoms with Gasteiger partial charge in [-0.3, -0.25) is 4.79 Å². The molecule has 0 saturated heterocycles. The highest BCUT2D eigenvalue weighted by atomic mass is 16.5. The lowest BCUT2D eigenvalue weighted by Crippen LogP contribution is -2.25. The second-order valence-corrected chi connectivity index (χ2v) is 5.39. The number of hydrogen-bond acceptors (Lipinski definition) is 4. The number of nitrogens with one attached hydrogen (secondary N) is 2. The van der Waals surface area contributed by atoms with Gasteiger partial charge in [0.15, 0.2) is 11.5 Å². The molecule has 5 nitrogen and oxygen atoms in total. The van der Waals surface area contributed by atoms with Gasteiger partial charge in [0.05, 0.1) is 14.2 Å². The normalized spacial score (nSPS) is 13.1. The second kappa shape index (κ2) is 6.71. The summed E-state index contributed by atoms with van der Waals surface area (Å²) in [5, 5.41) is 6.35.